The van der Waals surface area contributed by atoms with Crippen LogP contribution in [0.1, 0.15) is 28.4 Å². The van der Waals surface area contributed by atoms with Crippen LogP contribution in [0.25, 0.3) is 0 Å². The van der Waals surface area contributed by atoms with Crippen LogP contribution in [-0.4, -0.2) is 12.9 Å². The number of methoxy groups -OCH3 is 1. The minimum atomic E-state index is -4.66. The molecule has 0 fully saturated rings. The SMILES string of the molecule is COc1c(C(C)=O)ccc(C(F)(F)F)c1C#N. The zero-order valence-corrected chi connectivity index (χ0v) is 9.05. The summed E-state index contributed by atoms with van der Waals surface area (Å²) in [5, 5.41) is 8.76. The van der Waals surface area contributed by atoms with Crippen LogP contribution in [0.4, 0.5) is 13.2 Å². The first-order valence-electron chi connectivity index (χ1n) is 4.52. The van der Waals surface area contributed by atoms with Gasteiger partial charge in [0.2, 0.25) is 0 Å². The third kappa shape index (κ3) is 2.38. The number of carbonyl (C=O) groups is 1. The molecule has 0 heterocycles. The number of hydrogen-bond acceptors (Lipinski definition) is 3. The molecule has 0 saturated carbocycles. The summed E-state index contributed by atoms with van der Waals surface area (Å²) in [5.74, 6) is -0.804. The van der Waals surface area contributed by atoms with Crippen molar-refractivity contribution < 1.29 is 22.7 Å². The molecular formula is C11H8F3NO2. The van der Waals surface area contributed by atoms with E-state index in [4.69, 9.17) is 10.00 Å². The average molecular weight is 243 g/mol. The largest absolute Gasteiger partial charge is 0.495 e. The summed E-state index contributed by atoms with van der Waals surface area (Å²) in [6.07, 6.45) is -4.66. The van der Waals surface area contributed by atoms with E-state index in [0.29, 0.717) is 6.07 Å². The van der Waals surface area contributed by atoms with Crippen molar-refractivity contribution >= 4 is 5.78 Å². The van der Waals surface area contributed by atoms with Gasteiger partial charge < -0.3 is 4.74 Å². The quantitative estimate of drug-likeness (QED) is 0.750. The van der Waals surface area contributed by atoms with Gasteiger partial charge in [0, 0.05) is 0 Å². The predicted molar refractivity (Wildman–Crippen MR) is 52.7 cm³/mol. The third-order valence-electron chi connectivity index (χ3n) is 2.16. The van der Waals surface area contributed by atoms with Crippen molar-refractivity contribution in [2.24, 2.45) is 0 Å². The summed E-state index contributed by atoms with van der Waals surface area (Å²) in [5.41, 5.74) is -1.83. The first-order chi connectivity index (χ1) is 7.82. The highest BCUT2D eigenvalue weighted by Gasteiger charge is 2.36. The van der Waals surface area contributed by atoms with Gasteiger partial charge in [-0.15, -0.1) is 0 Å². The predicted octanol–water partition coefficient (Wildman–Crippen LogP) is 2.79. The van der Waals surface area contributed by atoms with E-state index in [9.17, 15) is 18.0 Å². The number of benzene rings is 1. The molecular weight excluding hydrogens is 235 g/mol. The number of ether oxygens (including phenoxy) is 1. The molecule has 17 heavy (non-hydrogen) atoms. The van der Waals surface area contributed by atoms with E-state index in [1.165, 1.54) is 13.0 Å². The molecule has 1 rings (SSSR count). The molecule has 0 unspecified atom stereocenters. The molecule has 0 radical (unpaired) electrons. The smallest absolute Gasteiger partial charge is 0.417 e. The summed E-state index contributed by atoms with van der Waals surface area (Å²) in [7, 11) is 1.11. The fourth-order valence-electron chi connectivity index (χ4n) is 1.42. The van der Waals surface area contributed by atoms with Crippen molar-refractivity contribution in [3.8, 4) is 11.8 Å². The summed E-state index contributed by atoms with van der Waals surface area (Å²) in [4.78, 5) is 11.2. The van der Waals surface area contributed by atoms with Crippen LogP contribution in [0.5, 0.6) is 5.75 Å². The lowest BCUT2D eigenvalue weighted by atomic mass is 10.0. The van der Waals surface area contributed by atoms with Crippen LogP contribution in [0.15, 0.2) is 12.1 Å². The Labute approximate surface area is 95.4 Å². The van der Waals surface area contributed by atoms with Gasteiger partial charge in [0.05, 0.1) is 18.2 Å². The molecule has 0 bridgehead atoms. The fourth-order valence-corrected chi connectivity index (χ4v) is 1.42. The molecule has 3 nitrogen and oxygen atoms in total. The highest BCUT2D eigenvalue weighted by Crippen LogP contribution is 2.37. The minimum Gasteiger partial charge on any atom is -0.495 e. The summed E-state index contributed by atoms with van der Waals surface area (Å²) in [6, 6.07) is 3.13. The molecule has 0 aliphatic carbocycles. The number of carbonyl (C=O) groups excluding carboxylic acids is 1. The summed E-state index contributed by atoms with van der Waals surface area (Å²) >= 11 is 0. The number of halogens is 3. The minimum absolute atomic E-state index is 0.0444. The van der Waals surface area contributed by atoms with Gasteiger partial charge in [-0.3, -0.25) is 4.79 Å². The van der Waals surface area contributed by atoms with E-state index in [2.05, 4.69) is 0 Å². The Morgan fingerprint density at radius 2 is 2.00 bits per heavy atom. The molecule has 1 aromatic rings. The second-order valence-corrected chi connectivity index (χ2v) is 3.23. The Hall–Kier alpha value is -2.03. The van der Waals surface area contributed by atoms with Crippen molar-refractivity contribution in [1.82, 2.24) is 0 Å². The molecule has 0 atom stereocenters. The molecule has 0 N–H and O–H groups in total. The Morgan fingerprint density at radius 1 is 1.41 bits per heavy atom. The van der Waals surface area contributed by atoms with Crippen LogP contribution in [0.3, 0.4) is 0 Å². The van der Waals surface area contributed by atoms with Gasteiger partial charge in [-0.1, -0.05) is 0 Å². The maximum atomic E-state index is 12.6. The maximum absolute atomic E-state index is 12.6. The Bertz CT molecular complexity index is 501. The van der Waals surface area contributed by atoms with Gasteiger partial charge in [0.1, 0.15) is 17.4 Å². The number of nitriles is 1. The van der Waals surface area contributed by atoms with Crippen LogP contribution in [0.2, 0.25) is 0 Å². The topological polar surface area (TPSA) is 50.1 Å². The van der Waals surface area contributed by atoms with Crippen LogP contribution < -0.4 is 4.74 Å². The number of Topliss-reactive ketones (excluding diaryl/α,β-unsaturated/α-hetero) is 1. The normalized spacial score (nSPS) is 10.8. The van der Waals surface area contributed by atoms with Crippen molar-refractivity contribution in [3.05, 3.63) is 28.8 Å². The monoisotopic (exact) mass is 243 g/mol. The molecule has 0 aliphatic rings. The molecule has 0 spiro atoms. The van der Waals surface area contributed by atoms with E-state index in [0.717, 1.165) is 13.2 Å². The lowest BCUT2D eigenvalue weighted by molar-refractivity contribution is -0.137. The standard InChI is InChI=1S/C11H8F3NO2/c1-6(16)7-3-4-9(11(12,13)14)8(5-15)10(7)17-2/h3-4H,1-2H3. The molecule has 1 aromatic carbocycles. The van der Waals surface area contributed by atoms with E-state index in [1.54, 1.807) is 0 Å². The second-order valence-electron chi connectivity index (χ2n) is 3.23. The zero-order valence-electron chi connectivity index (χ0n) is 9.05. The van der Waals surface area contributed by atoms with Gasteiger partial charge in [0.25, 0.3) is 0 Å². The van der Waals surface area contributed by atoms with Crippen LogP contribution in [0, 0.1) is 11.3 Å². The average Bonchev–Trinajstić information content (AvgIpc) is 2.25. The molecule has 0 saturated heterocycles. The van der Waals surface area contributed by atoms with Gasteiger partial charge in [-0.05, 0) is 19.1 Å². The van der Waals surface area contributed by atoms with Crippen LogP contribution in [-0.2, 0) is 6.18 Å². The fraction of sp³-hybridized carbons (Fsp3) is 0.273. The van der Waals surface area contributed by atoms with Crippen molar-refractivity contribution in [1.29, 1.82) is 5.26 Å². The van der Waals surface area contributed by atoms with Crippen molar-refractivity contribution in [3.63, 3.8) is 0 Å². The van der Waals surface area contributed by atoms with Crippen LogP contribution >= 0.6 is 0 Å². The van der Waals surface area contributed by atoms with E-state index < -0.39 is 23.1 Å². The first kappa shape index (κ1) is 13.0. The van der Waals surface area contributed by atoms with Crippen molar-refractivity contribution in [2.75, 3.05) is 7.11 Å². The maximum Gasteiger partial charge on any atom is 0.417 e. The molecule has 0 amide bonds. The molecule has 6 heteroatoms. The van der Waals surface area contributed by atoms with Gasteiger partial charge >= 0.3 is 6.18 Å². The van der Waals surface area contributed by atoms with Gasteiger partial charge in [-0.25, -0.2) is 0 Å². The lowest BCUT2D eigenvalue weighted by Gasteiger charge is -2.13. The molecule has 0 aromatic heterocycles. The Morgan fingerprint density at radius 3 is 2.35 bits per heavy atom. The summed E-state index contributed by atoms with van der Waals surface area (Å²) in [6.45, 7) is 1.19. The first-order valence-corrected chi connectivity index (χ1v) is 4.52. The third-order valence-corrected chi connectivity index (χ3v) is 2.16. The van der Waals surface area contributed by atoms with Gasteiger partial charge in [0.15, 0.2) is 5.78 Å². The zero-order chi connectivity index (χ0) is 13.2. The number of ketones is 1. The van der Waals surface area contributed by atoms with Crippen molar-refractivity contribution in [2.45, 2.75) is 13.1 Å². The highest BCUT2D eigenvalue weighted by molar-refractivity contribution is 5.97. The lowest BCUT2D eigenvalue weighted by Crippen LogP contribution is -2.11. The Balaban J connectivity index is 3.62. The number of alkyl halides is 3. The number of hydrogen-bond donors (Lipinski definition) is 0. The molecule has 90 valence electrons. The van der Waals surface area contributed by atoms with Gasteiger partial charge in [-0.2, -0.15) is 18.4 Å². The van der Waals surface area contributed by atoms with E-state index in [-0.39, 0.29) is 11.3 Å². The highest BCUT2D eigenvalue weighted by atomic mass is 19.4. The second kappa shape index (κ2) is 4.45. The Kier molecular flexibility index (Phi) is 3.42. The van der Waals surface area contributed by atoms with E-state index >= 15 is 0 Å². The number of rotatable bonds is 2. The number of nitrogens with zero attached hydrogens (tertiary/aromatic N) is 1. The van der Waals surface area contributed by atoms with E-state index in [1.807, 2.05) is 0 Å². The molecule has 0 aliphatic heterocycles. The summed E-state index contributed by atoms with van der Waals surface area (Å²) < 4.78 is 42.5.